The summed E-state index contributed by atoms with van der Waals surface area (Å²) in [5, 5.41) is 7.21. The van der Waals surface area contributed by atoms with Gasteiger partial charge in [0.05, 0.1) is 12.8 Å². The number of nitrogens with zero attached hydrogens (tertiary/aromatic N) is 3. The maximum atomic E-state index is 12.0. The van der Waals surface area contributed by atoms with Crippen LogP contribution in [0.2, 0.25) is 0 Å². The van der Waals surface area contributed by atoms with Gasteiger partial charge < -0.3 is 14.6 Å². The van der Waals surface area contributed by atoms with Crippen molar-refractivity contribution in [3.05, 3.63) is 35.0 Å². The number of nitrogens with one attached hydrogen (secondary N) is 1. The molecule has 0 fully saturated rings. The Labute approximate surface area is 98.8 Å². The van der Waals surface area contributed by atoms with Crippen molar-refractivity contribution in [2.75, 3.05) is 26.8 Å². The molecule has 0 radical (unpaired) electrons. The van der Waals surface area contributed by atoms with Crippen molar-refractivity contribution in [1.29, 1.82) is 0 Å². The van der Waals surface area contributed by atoms with E-state index in [9.17, 15) is 4.79 Å². The fourth-order valence-corrected chi connectivity index (χ4v) is 1.64. The maximum Gasteiger partial charge on any atom is 0.276 e. The van der Waals surface area contributed by atoms with Crippen LogP contribution < -0.4 is 10.9 Å². The number of methoxy groups -OCH3 is 1. The quantitative estimate of drug-likeness (QED) is 0.701. The van der Waals surface area contributed by atoms with Crippen molar-refractivity contribution in [3.8, 4) is 0 Å². The topological polar surface area (TPSA) is 60.6 Å². The molecule has 0 aromatic carbocycles. The lowest BCUT2D eigenvalue weighted by Crippen LogP contribution is -2.29. The molecule has 1 N–H and O–H groups in total. The summed E-state index contributed by atoms with van der Waals surface area (Å²) in [7, 11) is 1.67. The highest BCUT2D eigenvalue weighted by molar-refractivity contribution is 5.42. The van der Waals surface area contributed by atoms with Crippen molar-refractivity contribution >= 4 is 5.52 Å². The van der Waals surface area contributed by atoms with E-state index < -0.39 is 0 Å². The van der Waals surface area contributed by atoms with Crippen LogP contribution in [-0.4, -0.2) is 41.0 Å². The summed E-state index contributed by atoms with van der Waals surface area (Å²) in [6.45, 7) is 2.86. The molecular weight excluding hydrogens is 220 g/mol. The minimum absolute atomic E-state index is 0.0152. The second kappa shape index (κ2) is 5.60. The Hall–Kier alpha value is -1.66. The molecule has 0 saturated heterocycles. The minimum Gasteiger partial charge on any atom is -0.383 e. The second-order valence-electron chi connectivity index (χ2n) is 3.70. The lowest BCUT2D eigenvalue weighted by molar-refractivity contribution is 0.199. The number of hydrogen-bond acceptors (Lipinski definition) is 4. The van der Waals surface area contributed by atoms with Gasteiger partial charge in [0.15, 0.2) is 0 Å². The van der Waals surface area contributed by atoms with Crippen LogP contribution in [0.3, 0.4) is 0 Å². The third-order valence-corrected chi connectivity index (χ3v) is 2.55. The highest BCUT2D eigenvalue weighted by Crippen LogP contribution is 1.93. The summed E-state index contributed by atoms with van der Waals surface area (Å²) in [6.07, 6.45) is 5.16. The Balaban J connectivity index is 1.99. The predicted molar refractivity (Wildman–Crippen MR) is 64.2 cm³/mol. The standard InChI is InChI=1S/C11H16N4O2/c1-17-9-5-12-4-6-14-7-8-15-10(11(14)16)2-3-13-15/h2-3,7-8,12H,4-6,9H2,1H3. The van der Waals surface area contributed by atoms with E-state index >= 15 is 0 Å². The van der Waals surface area contributed by atoms with E-state index in [1.165, 1.54) is 0 Å². The fraction of sp³-hybridized carbons (Fsp3) is 0.455. The smallest absolute Gasteiger partial charge is 0.276 e. The van der Waals surface area contributed by atoms with Crippen molar-refractivity contribution in [2.24, 2.45) is 0 Å². The highest BCUT2D eigenvalue weighted by Gasteiger charge is 2.02. The molecule has 2 aromatic rings. The normalized spacial score (nSPS) is 11.1. The molecule has 17 heavy (non-hydrogen) atoms. The summed E-state index contributed by atoms with van der Waals surface area (Å²) < 4.78 is 8.18. The van der Waals surface area contributed by atoms with Gasteiger partial charge in [-0.1, -0.05) is 0 Å². The van der Waals surface area contributed by atoms with E-state index in [1.54, 1.807) is 40.8 Å². The molecule has 0 unspecified atom stereocenters. The van der Waals surface area contributed by atoms with Crippen LogP contribution >= 0.6 is 0 Å². The predicted octanol–water partition coefficient (Wildman–Crippen LogP) is -0.268. The second-order valence-corrected chi connectivity index (χ2v) is 3.70. The Bertz CT molecular complexity index is 531. The molecular formula is C11H16N4O2. The van der Waals surface area contributed by atoms with Crippen LogP contribution in [0.1, 0.15) is 0 Å². The lowest BCUT2D eigenvalue weighted by atomic mass is 10.5. The summed E-state index contributed by atoms with van der Waals surface area (Å²) >= 11 is 0. The van der Waals surface area contributed by atoms with Crippen LogP contribution in [0.15, 0.2) is 29.5 Å². The summed E-state index contributed by atoms with van der Waals surface area (Å²) in [4.78, 5) is 12.0. The van der Waals surface area contributed by atoms with Gasteiger partial charge in [0.1, 0.15) is 5.52 Å². The Morgan fingerprint density at radius 3 is 3.12 bits per heavy atom. The zero-order valence-electron chi connectivity index (χ0n) is 9.80. The monoisotopic (exact) mass is 236 g/mol. The zero-order chi connectivity index (χ0) is 12.1. The molecule has 2 heterocycles. The van der Waals surface area contributed by atoms with Gasteiger partial charge in [0, 0.05) is 39.1 Å². The largest absolute Gasteiger partial charge is 0.383 e. The van der Waals surface area contributed by atoms with Crippen LogP contribution in [0, 0.1) is 0 Å². The number of hydrogen-bond donors (Lipinski definition) is 1. The molecule has 0 amide bonds. The molecule has 2 rings (SSSR count). The first-order valence-corrected chi connectivity index (χ1v) is 5.55. The highest BCUT2D eigenvalue weighted by atomic mass is 16.5. The average molecular weight is 236 g/mol. The Morgan fingerprint density at radius 2 is 2.29 bits per heavy atom. The van der Waals surface area contributed by atoms with Gasteiger partial charge in [0.25, 0.3) is 5.56 Å². The molecule has 92 valence electrons. The first-order valence-electron chi connectivity index (χ1n) is 5.55. The summed E-state index contributed by atoms with van der Waals surface area (Å²) in [5.74, 6) is 0. The van der Waals surface area contributed by atoms with Crippen LogP contribution in [0.4, 0.5) is 0 Å². The third-order valence-electron chi connectivity index (χ3n) is 2.55. The molecule has 0 bridgehead atoms. The van der Waals surface area contributed by atoms with Gasteiger partial charge in [-0.15, -0.1) is 0 Å². The molecule has 0 aliphatic heterocycles. The molecule has 0 aliphatic rings. The zero-order valence-corrected chi connectivity index (χ0v) is 9.80. The SMILES string of the molecule is COCCNCCn1ccn2nccc2c1=O. The number of aromatic nitrogens is 3. The van der Waals surface area contributed by atoms with Crippen molar-refractivity contribution in [1.82, 2.24) is 19.5 Å². The van der Waals surface area contributed by atoms with Crippen molar-refractivity contribution in [2.45, 2.75) is 6.54 Å². The van der Waals surface area contributed by atoms with Crippen molar-refractivity contribution < 1.29 is 4.74 Å². The number of fused-ring (bicyclic) bond motifs is 1. The molecule has 0 atom stereocenters. The first-order chi connectivity index (χ1) is 8.33. The van der Waals surface area contributed by atoms with E-state index in [-0.39, 0.29) is 5.56 Å². The number of rotatable bonds is 6. The minimum atomic E-state index is -0.0152. The van der Waals surface area contributed by atoms with E-state index in [4.69, 9.17) is 4.74 Å². The van der Waals surface area contributed by atoms with Crippen LogP contribution in [0.5, 0.6) is 0 Å². The van der Waals surface area contributed by atoms with Crippen LogP contribution in [-0.2, 0) is 11.3 Å². The molecule has 0 saturated carbocycles. The van der Waals surface area contributed by atoms with Crippen LogP contribution in [0.25, 0.3) is 5.52 Å². The molecule has 0 aliphatic carbocycles. The summed E-state index contributed by atoms with van der Waals surface area (Å²) in [5.41, 5.74) is 0.586. The molecule has 2 aromatic heterocycles. The van der Waals surface area contributed by atoms with Gasteiger partial charge in [-0.3, -0.25) is 4.79 Å². The molecule has 6 nitrogen and oxygen atoms in total. The molecule has 6 heteroatoms. The van der Waals surface area contributed by atoms with Crippen molar-refractivity contribution in [3.63, 3.8) is 0 Å². The summed E-state index contributed by atoms with van der Waals surface area (Å²) in [6, 6.07) is 1.72. The van der Waals surface area contributed by atoms with Gasteiger partial charge in [-0.2, -0.15) is 5.10 Å². The fourth-order valence-electron chi connectivity index (χ4n) is 1.64. The van der Waals surface area contributed by atoms with E-state index in [0.29, 0.717) is 18.7 Å². The van der Waals surface area contributed by atoms with Gasteiger partial charge in [-0.05, 0) is 6.07 Å². The Morgan fingerprint density at radius 1 is 1.41 bits per heavy atom. The van der Waals surface area contributed by atoms with E-state index in [1.807, 2.05) is 0 Å². The molecule has 0 spiro atoms. The van der Waals surface area contributed by atoms with Gasteiger partial charge >= 0.3 is 0 Å². The lowest BCUT2D eigenvalue weighted by Gasteiger charge is -2.07. The Kier molecular flexibility index (Phi) is 3.89. The third kappa shape index (κ3) is 2.72. The average Bonchev–Trinajstić information content (AvgIpc) is 2.80. The van der Waals surface area contributed by atoms with Gasteiger partial charge in [0.2, 0.25) is 0 Å². The van der Waals surface area contributed by atoms with Gasteiger partial charge in [-0.25, -0.2) is 4.52 Å². The van der Waals surface area contributed by atoms with E-state index in [0.717, 1.165) is 13.1 Å². The van der Waals surface area contributed by atoms with E-state index in [2.05, 4.69) is 10.4 Å². The number of ether oxygens (including phenoxy) is 1. The maximum absolute atomic E-state index is 12.0. The first kappa shape index (κ1) is 11.8.